The lowest BCUT2D eigenvalue weighted by molar-refractivity contribution is 0.0930. The Morgan fingerprint density at radius 2 is 1.96 bits per heavy atom. The minimum atomic E-state index is -0.00304. The zero-order chi connectivity index (χ0) is 16.5. The van der Waals surface area contributed by atoms with Crippen LogP contribution in [0.1, 0.15) is 47.7 Å². The van der Waals surface area contributed by atoms with Crippen LogP contribution in [0.5, 0.6) is 0 Å². The van der Waals surface area contributed by atoms with Gasteiger partial charge in [0.25, 0.3) is 5.91 Å². The van der Waals surface area contributed by atoms with Crippen LogP contribution in [-0.4, -0.2) is 35.2 Å². The molecule has 1 amide bonds. The van der Waals surface area contributed by atoms with E-state index in [1.807, 2.05) is 24.3 Å². The summed E-state index contributed by atoms with van der Waals surface area (Å²) in [7, 11) is 0. The Hall–Kier alpha value is -1.82. The molecule has 2 heterocycles. The van der Waals surface area contributed by atoms with Crippen molar-refractivity contribution < 1.29 is 4.79 Å². The number of nitrogens with zero attached hydrogens (tertiary/aromatic N) is 2. The van der Waals surface area contributed by atoms with Gasteiger partial charge in [0.05, 0.1) is 5.56 Å². The number of piperidine rings is 1. The first-order chi connectivity index (χ1) is 11.7. The highest BCUT2D eigenvalue weighted by Crippen LogP contribution is 2.40. The summed E-state index contributed by atoms with van der Waals surface area (Å²) < 4.78 is 0.837. The van der Waals surface area contributed by atoms with E-state index in [2.05, 4.69) is 42.4 Å². The van der Waals surface area contributed by atoms with Gasteiger partial charge < -0.3 is 10.2 Å². The summed E-state index contributed by atoms with van der Waals surface area (Å²) in [6.45, 7) is 1.85. The number of carbonyl (C=O) groups excluding carboxylic acids is 1. The first-order valence-corrected chi connectivity index (χ1v) is 9.35. The lowest BCUT2D eigenvalue weighted by atomic mass is 10.0. The number of hydrogen-bond donors (Lipinski definition) is 2. The number of carbonyl (C=O) groups is 1. The van der Waals surface area contributed by atoms with E-state index >= 15 is 0 Å². The molecule has 0 bridgehead atoms. The van der Waals surface area contributed by atoms with E-state index in [0.717, 1.165) is 36.2 Å². The summed E-state index contributed by atoms with van der Waals surface area (Å²) >= 11 is 3.44. The normalized spacial score (nSPS) is 18.6. The highest BCUT2D eigenvalue weighted by molar-refractivity contribution is 9.10. The molecule has 24 heavy (non-hydrogen) atoms. The van der Waals surface area contributed by atoms with Crippen molar-refractivity contribution in [2.24, 2.45) is 0 Å². The average Bonchev–Trinajstić information content (AvgIpc) is 3.33. The topological polar surface area (TPSA) is 61.0 Å². The van der Waals surface area contributed by atoms with Gasteiger partial charge in [0.1, 0.15) is 0 Å². The molecule has 5 nitrogen and oxygen atoms in total. The molecule has 0 unspecified atom stereocenters. The zero-order valence-electron chi connectivity index (χ0n) is 13.5. The van der Waals surface area contributed by atoms with Crippen molar-refractivity contribution in [1.29, 1.82) is 0 Å². The standard InChI is InChI=1S/C18H21BrN4O/c19-15-4-2-1-3-14(15)18(24)20-13-7-9-23(10-8-13)17-11-16(21-22-17)12-5-6-12/h1-4,11-13H,5-10H2,(H,20,24)(H,21,22). The van der Waals surface area contributed by atoms with Crippen LogP contribution in [0.15, 0.2) is 34.8 Å². The lowest BCUT2D eigenvalue weighted by Gasteiger charge is -2.32. The van der Waals surface area contributed by atoms with Gasteiger partial charge in [-0.25, -0.2) is 0 Å². The zero-order valence-corrected chi connectivity index (χ0v) is 15.1. The lowest BCUT2D eigenvalue weighted by Crippen LogP contribution is -2.44. The molecular formula is C18H21BrN4O. The number of H-pyrrole nitrogens is 1. The fraction of sp³-hybridized carbons (Fsp3) is 0.444. The van der Waals surface area contributed by atoms with E-state index in [0.29, 0.717) is 11.5 Å². The van der Waals surface area contributed by atoms with E-state index in [-0.39, 0.29) is 11.9 Å². The molecule has 1 aromatic heterocycles. The summed E-state index contributed by atoms with van der Waals surface area (Å²) in [4.78, 5) is 14.7. The van der Waals surface area contributed by atoms with Crippen LogP contribution in [0.3, 0.4) is 0 Å². The number of amides is 1. The Balaban J connectivity index is 1.32. The van der Waals surface area contributed by atoms with Gasteiger partial charge in [-0.15, -0.1) is 0 Å². The molecule has 0 atom stereocenters. The van der Waals surface area contributed by atoms with Crippen molar-refractivity contribution in [2.75, 3.05) is 18.0 Å². The molecule has 2 aliphatic rings. The third-order valence-electron chi connectivity index (χ3n) is 4.87. The van der Waals surface area contributed by atoms with Crippen LogP contribution < -0.4 is 10.2 Å². The summed E-state index contributed by atoms with van der Waals surface area (Å²) in [6.07, 6.45) is 4.46. The minimum absolute atomic E-state index is 0.00304. The van der Waals surface area contributed by atoms with Crippen LogP contribution >= 0.6 is 15.9 Å². The molecule has 6 heteroatoms. The smallest absolute Gasteiger partial charge is 0.252 e. The van der Waals surface area contributed by atoms with Crippen molar-refractivity contribution in [1.82, 2.24) is 15.5 Å². The Kier molecular flexibility index (Phi) is 4.31. The highest BCUT2D eigenvalue weighted by Gasteiger charge is 2.28. The van der Waals surface area contributed by atoms with E-state index < -0.39 is 0 Å². The SMILES string of the molecule is O=C(NC1CCN(c2cc(C3CC3)[nH]n2)CC1)c1ccccc1Br. The molecule has 126 valence electrons. The number of benzene rings is 1. The summed E-state index contributed by atoms with van der Waals surface area (Å²) in [5, 5.41) is 10.8. The molecule has 1 aliphatic heterocycles. The van der Waals surface area contributed by atoms with Gasteiger partial charge in [-0.2, -0.15) is 5.10 Å². The van der Waals surface area contributed by atoms with E-state index in [1.54, 1.807) is 0 Å². The molecule has 1 saturated heterocycles. The molecule has 0 radical (unpaired) electrons. The van der Waals surface area contributed by atoms with Crippen molar-refractivity contribution in [3.8, 4) is 0 Å². The third kappa shape index (κ3) is 3.34. The number of nitrogens with one attached hydrogen (secondary N) is 2. The second kappa shape index (κ2) is 6.59. The maximum atomic E-state index is 12.4. The van der Waals surface area contributed by atoms with E-state index in [1.165, 1.54) is 18.5 Å². The van der Waals surface area contributed by atoms with Crippen molar-refractivity contribution in [2.45, 2.75) is 37.6 Å². The summed E-state index contributed by atoms with van der Waals surface area (Å²) in [6, 6.07) is 9.96. The second-order valence-electron chi connectivity index (χ2n) is 6.67. The Morgan fingerprint density at radius 1 is 1.21 bits per heavy atom. The Morgan fingerprint density at radius 3 is 2.67 bits per heavy atom. The maximum absolute atomic E-state index is 12.4. The number of aromatic nitrogens is 2. The number of hydrogen-bond acceptors (Lipinski definition) is 3. The molecule has 4 rings (SSSR count). The second-order valence-corrected chi connectivity index (χ2v) is 7.52. The first kappa shape index (κ1) is 15.7. The average molecular weight is 389 g/mol. The Bertz CT molecular complexity index is 732. The van der Waals surface area contributed by atoms with Crippen LogP contribution in [0.2, 0.25) is 0 Å². The third-order valence-corrected chi connectivity index (χ3v) is 5.57. The fourth-order valence-electron chi connectivity index (χ4n) is 3.25. The molecule has 1 aromatic carbocycles. The first-order valence-electron chi connectivity index (χ1n) is 8.56. The Labute approximate surface area is 149 Å². The number of anilines is 1. The minimum Gasteiger partial charge on any atom is -0.355 e. The fourth-order valence-corrected chi connectivity index (χ4v) is 3.72. The van der Waals surface area contributed by atoms with Gasteiger partial charge in [-0.05, 0) is 53.7 Å². The maximum Gasteiger partial charge on any atom is 0.252 e. The van der Waals surface area contributed by atoms with Gasteiger partial charge in [0.15, 0.2) is 5.82 Å². The molecule has 1 aliphatic carbocycles. The van der Waals surface area contributed by atoms with Gasteiger partial charge in [0, 0.05) is 41.3 Å². The van der Waals surface area contributed by atoms with Crippen molar-refractivity contribution in [3.05, 3.63) is 46.1 Å². The van der Waals surface area contributed by atoms with Crippen molar-refractivity contribution in [3.63, 3.8) is 0 Å². The van der Waals surface area contributed by atoms with Crippen LogP contribution in [-0.2, 0) is 0 Å². The van der Waals surface area contributed by atoms with Gasteiger partial charge in [0.2, 0.25) is 0 Å². The van der Waals surface area contributed by atoms with Gasteiger partial charge >= 0.3 is 0 Å². The summed E-state index contributed by atoms with van der Waals surface area (Å²) in [5.41, 5.74) is 1.97. The molecule has 2 fully saturated rings. The van der Waals surface area contributed by atoms with E-state index in [4.69, 9.17) is 0 Å². The van der Waals surface area contributed by atoms with Crippen LogP contribution in [0.25, 0.3) is 0 Å². The quantitative estimate of drug-likeness (QED) is 0.842. The van der Waals surface area contributed by atoms with Crippen LogP contribution in [0, 0.1) is 0 Å². The molecule has 2 aromatic rings. The van der Waals surface area contributed by atoms with Crippen LogP contribution in [0.4, 0.5) is 5.82 Å². The molecule has 2 N–H and O–H groups in total. The predicted molar refractivity (Wildman–Crippen MR) is 97.4 cm³/mol. The number of aromatic amines is 1. The monoisotopic (exact) mass is 388 g/mol. The van der Waals surface area contributed by atoms with E-state index in [9.17, 15) is 4.79 Å². The summed E-state index contributed by atoms with van der Waals surface area (Å²) in [5.74, 6) is 1.75. The van der Waals surface area contributed by atoms with Gasteiger partial charge in [-0.1, -0.05) is 12.1 Å². The highest BCUT2D eigenvalue weighted by atomic mass is 79.9. The molecular weight excluding hydrogens is 368 g/mol. The number of halogens is 1. The number of rotatable bonds is 4. The van der Waals surface area contributed by atoms with Crippen molar-refractivity contribution >= 4 is 27.7 Å². The van der Waals surface area contributed by atoms with Gasteiger partial charge in [-0.3, -0.25) is 9.89 Å². The predicted octanol–water partition coefficient (Wildman–Crippen LogP) is 3.45. The largest absolute Gasteiger partial charge is 0.355 e. The molecule has 0 spiro atoms. The molecule has 1 saturated carbocycles.